The van der Waals surface area contributed by atoms with Crippen molar-refractivity contribution in [2.24, 2.45) is 0 Å². The van der Waals surface area contributed by atoms with Crippen LogP contribution < -0.4 is 16.0 Å². The number of Topliss-reactive ketones (excluding diaryl/α,β-unsaturated/α-hetero) is 1. The van der Waals surface area contributed by atoms with Crippen LogP contribution in [0.4, 0.5) is 17.1 Å². The normalized spacial score (nSPS) is 11.6. The summed E-state index contributed by atoms with van der Waals surface area (Å²) in [5, 5.41) is 11.8. The first-order valence-electron chi connectivity index (χ1n) is 12.1. The van der Waals surface area contributed by atoms with E-state index in [0.29, 0.717) is 12.0 Å². The Labute approximate surface area is 206 Å². The van der Waals surface area contributed by atoms with Crippen LogP contribution in [-0.4, -0.2) is 24.3 Å². The van der Waals surface area contributed by atoms with Gasteiger partial charge in [-0.2, -0.15) is 0 Å². The molecule has 0 saturated carbocycles. The summed E-state index contributed by atoms with van der Waals surface area (Å²) in [6.45, 7) is 2.25. The van der Waals surface area contributed by atoms with Crippen LogP contribution in [0, 0.1) is 0 Å². The van der Waals surface area contributed by atoms with Crippen molar-refractivity contribution < 1.29 is 9.59 Å². The van der Waals surface area contributed by atoms with Crippen LogP contribution in [0.1, 0.15) is 36.5 Å². The number of benzene rings is 4. The molecular weight excluding hydrogens is 434 g/mol. The maximum atomic E-state index is 12.9. The number of rotatable bonds is 11. The molecule has 1 amide bonds. The third-order valence-electron chi connectivity index (χ3n) is 5.97. The van der Waals surface area contributed by atoms with E-state index in [0.717, 1.165) is 35.3 Å². The van der Waals surface area contributed by atoms with Gasteiger partial charge in [0.05, 0.1) is 12.6 Å². The monoisotopic (exact) mass is 465 g/mol. The van der Waals surface area contributed by atoms with Crippen LogP contribution in [0.2, 0.25) is 0 Å². The summed E-state index contributed by atoms with van der Waals surface area (Å²) in [6.07, 6.45) is 2.46. The molecular formula is C30H31N3O2. The molecule has 4 aromatic rings. The van der Waals surface area contributed by atoms with E-state index in [-0.39, 0.29) is 18.2 Å². The highest BCUT2D eigenvalue weighted by atomic mass is 16.2. The molecule has 0 heterocycles. The van der Waals surface area contributed by atoms with Crippen molar-refractivity contribution in [1.82, 2.24) is 5.32 Å². The molecule has 0 saturated heterocycles. The molecule has 0 aliphatic heterocycles. The van der Waals surface area contributed by atoms with Crippen molar-refractivity contribution in [2.75, 3.05) is 17.2 Å². The molecule has 4 rings (SSSR count). The van der Waals surface area contributed by atoms with Gasteiger partial charge in [-0.25, -0.2) is 0 Å². The van der Waals surface area contributed by atoms with Gasteiger partial charge in [0.2, 0.25) is 0 Å². The minimum absolute atomic E-state index is 0.0229. The zero-order chi connectivity index (χ0) is 24.5. The third kappa shape index (κ3) is 6.70. The van der Waals surface area contributed by atoms with E-state index in [1.807, 2.05) is 60.7 Å². The Hall–Kier alpha value is -4.12. The molecule has 178 valence electrons. The van der Waals surface area contributed by atoms with E-state index in [4.69, 9.17) is 0 Å². The summed E-state index contributed by atoms with van der Waals surface area (Å²) >= 11 is 0. The Morgan fingerprint density at radius 2 is 1.43 bits per heavy atom. The predicted molar refractivity (Wildman–Crippen MR) is 144 cm³/mol. The van der Waals surface area contributed by atoms with Gasteiger partial charge in [-0.3, -0.25) is 9.59 Å². The number of unbranched alkanes of at least 4 members (excludes halogenated alkanes) is 1. The summed E-state index contributed by atoms with van der Waals surface area (Å²) in [6, 6.07) is 30.8. The number of ketones is 1. The molecule has 1 atom stereocenters. The first-order chi connectivity index (χ1) is 17.1. The van der Waals surface area contributed by atoms with E-state index < -0.39 is 6.04 Å². The van der Waals surface area contributed by atoms with Crippen LogP contribution in [0.3, 0.4) is 0 Å². The molecule has 4 aromatic carbocycles. The first kappa shape index (κ1) is 24.0. The molecule has 35 heavy (non-hydrogen) atoms. The Morgan fingerprint density at radius 1 is 0.743 bits per heavy atom. The van der Waals surface area contributed by atoms with Gasteiger partial charge >= 0.3 is 0 Å². The Morgan fingerprint density at radius 3 is 2.17 bits per heavy atom. The molecule has 0 fully saturated rings. The minimum atomic E-state index is -0.519. The Kier molecular flexibility index (Phi) is 8.12. The van der Waals surface area contributed by atoms with E-state index in [9.17, 15) is 9.59 Å². The number of carbonyl (C=O) groups excluding carboxylic acids is 2. The van der Waals surface area contributed by atoms with Gasteiger partial charge in [-0.05, 0) is 65.7 Å². The van der Waals surface area contributed by atoms with E-state index >= 15 is 0 Å². The number of hydrogen-bond acceptors (Lipinski definition) is 4. The van der Waals surface area contributed by atoms with Crippen molar-refractivity contribution in [3.8, 4) is 0 Å². The zero-order valence-corrected chi connectivity index (χ0v) is 20.0. The van der Waals surface area contributed by atoms with Gasteiger partial charge < -0.3 is 16.0 Å². The van der Waals surface area contributed by atoms with Crippen LogP contribution in [0.5, 0.6) is 0 Å². The Bertz CT molecular complexity index is 1270. The zero-order valence-electron chi connectivity index (χ0n) is 20.0. The number of anilines is 3. The van der Waals surface area contributed by atoms with Crippen molar-refractivity contribution in [2.45, 2.75) is 32.2 Å². The van der Waals surface area contributed by atoms with Crippen molar-refractivity contribution in [3.63, 3.8) is 0 Å². The van der Waals surface area contributed by atoms with Gasteiger partial charge in [0.1, 0.15) is 0 Å². The molecule has 5 heteroatoms. The maximum Gasteiger partial charge on any atom is 0.251 e. The number of fused-ring (bicyclic) bond motifs is 1. The topological polar surface area (TPSA) is 70.2 Å². The highest BCUT2D eigenvalue weighted by Gasteiger charge is 2.20. The lowest BCUT2D eigenvalue weighted by Crippen LogP contribution is -2.43. The molecule has 0 aliphatic rings. The SMILES string of the molecule is CCCCC(NC(=O)c1ccc(Nc2ccc3ccccc3c2)cc1)C(=O)CNc1ccccc1. The van der Waals surface area contributed by atoms with Gasteiger partial charge in [0, 0.05) is 22.6 Å². The van der Waals surface area contributed by atoms with E-state index in [1.165, 1.54) is 5.39 Å². The van der Waals surface area contributed by atoms with Crippen molar-refractivity contribution in [3.05, 3.63) is 103 Å². The summed E-state index contributed by atoms with van der Waals surface area (Å²) < 4.78 is 0. The number of para-hydroxylation sites is 1. The quantitative estimate of drug-likeness (QED) is 0.235. The summed E-state index contributed by atoms with van der Waals surface area (Å²) in [5.41, 5.74) is 3.29. The second kappa shape index (κ2) is 11.8. The Balaban J connectivity index is 1.37. The fraction of sp³-hybridized carbons (Fsp3) is 0.200. The average molecular weight is 466 g/mol. The van der Waals surface area contributed by atoms with Gasteiger partial charge in [0.25, 0.3) is 5.91 Å². The standard InChI is InChI=1S/C30H31N3O2/c1-2-3-13-28(29(34)21-31-25-11-5-4-6-12-25)33-30(35)23-15-17-26(18-16-23)32-27-19-14-22-9-7-8-10-24(22)20-27/h4-12,14-20,28,31-32H,2-3,13,21H2,1H3,(H,33,35). The molecule has 0 aromatic heterocycles. The number of hydrogen-bond donors (Lipinski definition) is 3. The highest BCUT2D eigenvalue weighted by molar-refractivity contribution is 5.99. The largest absolute Gasteiger partial charge is 0.378 e. The van der Waals surface area contributed by atoms with Crippen LogP contribution in [0.15, 0.2) is 97.1 Å². The number of carbonyl (C=O) groups is 2. The van der Waals surface area contributed by atoms with Crippen LogP contribution in [0.25, 0.3) is 10.8 Å². The maximum absolute atomic E-state index is 12.9. The molecule has 0 radical (unpaired) electrons. The van der Waals surface area contributed by atoms with Crippen molar-refractivity contribution in [1.29, 1.82) is 0 Å². The number of nitrogens with one attached hydrogen (secondary N) is 3. The van der Waals surface area contributed by atoms with E-state index in [1.54, 1.807) is 12.1 Å². The van der Waals surface area contributed by atoms with Gasteiger partial charge in [-0.15, -0.1) is 0 Å². The first-order valence-corrected chi connectivity index (χ1v) is 12.1. The fourth-order valence-electron chi connectivity index (χ4n) is 3.97. The lowest BCUT2D eigenvalue weighted by molar-refractivity contribution is -0.119. The van der Waals surface area contributed by atoms with E-state index in [2.05, 4.69) is 47.1 Å². The molecule has 1 unspecified atom stereocenters. The van der Waals surface area contributed by atoms with Gasteiger partial charge in [0.15, 0.2) is 5.78 Å². The average Bonchev–Trinajstić information content (AvgIpc) is 2.90. The molecule has 5 nitrogen and oxygen atoms in total. The highest BCUT2D eigenvalue weighted by Crippen LogP contribution is 2.22. The van der Waals surface area contributed by atoms with Crippen molar-refractivity contribution >= 4 is 39.5 Å². The molecule has 0 aliphatic carbocycles. The summed E-state index contributed by atoms with van der Waals surface area (Å²) in [4.78, 5) is 25.8. The molecule has 3 N–H and O–H groups in total. The fourth-order valence-corrected chi connectivity index (χ4v) is 3.97. The lowest BCUT2D eigenvalue weighted by Gasteiger charge is -2.18. The molecule has 0 spiro atoms. The predicted octanol–water partition coefficient (Wildman–Crippen LogP) is 6.55. The third-order valence-corrected chi connectivity index (χ3v) is 5.97. The second-order valence-corrected chi connectivity index (χ2v) is 8.62. The van der Waals surface area contributed by atoms with Crippen LogP contribution >= 0.6 is 0 Å². The minimum Gasteiger partial charge on any atom is -0.378 e. The second-order valence-electron chi connectivity index (χ2n) is 8.62. The summed E-state index contributed by atoms with van der Waals surface area (Å²) in [5.74, 6) is -0.262. The van der Waals surface area contributed by atoms with Crippen LogP contribution in [-0.2, 0) is 4.79 Å². The molecule has 0 bridgehead atoms. The summed E-state index contributed by atoms with van der Waals surface area (Å²) in [7, 11) is 0. The number of amides is 1. The smallest absolute Gasteiger partial charge is 0.251 e. The van der Waals surface area contributed by atoms with Gasteiger partial charge in [-0.1, -0.05) is 68.3 Å². The lowest BCUT2D eigenvalue weighted by atomic mass is 10.0.